The van der Waals surface area contributed by atoms with Crippen LogP contribution in [0.2, 0.25) is 10.0 Å². The fraction of sp³-hybridized carbons (Fsp3) is 0.382. The van der Waals surface area contributed by atoms with E-state index in [-0.39, 0.29) is 45.2 Å². The quantitative estimate of drug-likeness (QED) is 0.169. The molecule has 0 aliphatic carbocycles. The number of halogens is 4. The third kappa shape index (κ3) is 7.78. The highest BCUT2D eigenvalue weighted by Gasteiger charge is 2.47. The maximum absolute atomic E-state index is 15.6. The summed E-state index contributed by atoms with van der Waals surface area (Å²) in [6, 6.07) is 13.9. The van der Waals surface area contributed by atoms with Gasteiger partial charge in [0.1, 0.15) is 17.4 Å². The van der Waals surface area contributed by atoms with Crippen molar-refractivity contribution in [1.82, 2.24) is 16.0 Å². The Morgan fingerprint density at radius 1 is 1.17 bits per heavy atom. The molecule has 3 aromatic carbocycles. The zero-order chi connectivity index (χ0) is 33.4. The van der Waals surface area contributed by atoms with Crippen molar-refractivity contribution in [2.24, 2.45) is 11.1 Å². The van der Waals surface area contributed by atoms with Gasteiger partial charge in [-0.3, -0.25) is 9.59 Å². The lowest BCUT2D eigenvalue weighted by Crippen LogP contribution is -2.49. The Balaban J connectivity index is 1.93. The largest absolute Gasteiger partial charge is 0.496 e. The van der Waals surface area contributed by atoms with Crippen LogP contribution in [-0.4, -0.2) is 44.6 Å². The molecule has 1 heterocycles. The molecule has 0 bridgehead atoms. The number of nitrogens with zero attached hydrogens (tertiary/aromatic N) is 1. The SMILES string of the molecule is COc1cc(C(=O)NCCCN)ccc1C(NC(=O)C1CCCN1)C(C)(Cc1cccc(Cl)c1F)C(C#N)c1ccc(Cl)cc1F. The topological polar surface area (TPSA) is 129 Å². The number of methoxy groups -OCH3 is 1. The highest BCUT2D eigenvalue weighted by atomic mass is 35.5. The van der Waals surface area contributed by atoms with Crippen molar-refractivity contribution in [3.63, 3.8) is 0 Å². The predicted octanol–water partition coefficient (Wildman–Crippen LogP) is 5.82. The number of rotatable bonds is 13. The maximum atomic E-state index is 15.6. The summed E-state index contributed by atoms with van der Waals surface area (Å²) >= 11 is 12.2. The number of amides is 2. The smallest absolute Gasteiger partial charge is 0.251 e. The van der Waals surface area contributed by atoms with Crippen LogP contribution in [0.1, 0.15) is 65.2 Å². The average molecular weight is 673 g/mol. The summed E-state index contributed by atoms with van der Waals surface area (Å²) in [6.07, 6.45) is 1.83. The fourth-order valence-electron chi connectivity index (χ4n) is 6.02. The van der Waals surface area contributed by atoms with Gasteiger partial charge in [-0.2, -0.15) is 5.26 Å². The van der Waals surface area contributed by atoms with Crippen LogP contribution in [0.5, 0.6) is 5.75 Å². The molecular formula is C34H37Cl2F2N5O3. The van der Waals surface area contributed by atoms with Crippen LogP contribution >= 0.6 is 23.2 Å². The van der Waals surface area contributed by atoms with E-state index in [0.29, 0.717) is 43.6 Å². The van der Waals surface area contributed by atoms with Crippen molar-refractivity contribution in [3.05, 3.63) is 98.5 Å². The van der Waals surface area contributed by atoms with Gasteiger partial charge in [0.2, 0.25) is 5.91 Å². The highest BCUT2D eigenvalue weighted by Crippen LogP contribution is 2.51. The van der Waals surface area contributed by atoms with Gasteiger partial charge in [-0.25, -0.2) is 8.78 Å². The Bertz CT molecular complexity index is 1610. The number of hydrogen-bond acceptors (Lipinski definition) is 6. The van der Waals surface area contributed by atoms with E-state index in [1.807, 2.05) is 0 Å². The normalized spacial score (nSPS) is 17.0. The van der Waals surface area contributed by atoms with E-state index in [4.69, 9.17) is 33.7 Å². The first-order valence-corrected chi connectivity index (χ1v) is 15.8. The van der Waals surface area contributed by atoms with E-state index >= 15 is 8.78 Å². The predicted molar refractivity (Wildman–Crippen MR) is 174 cm³/mol. The van der Waals surface area contributed by atoms with Crippen LogP contribution in [0.25, 0.3) is 0 Å². The summed E-state index contributed by atoms with van der Waals surface area (Å²) in [7, 11) is 1.42. The maximum Gasteiger partial charge on any atom is 0.251 e. The number of benzene rings is 3. The average Bonchev–Trinajstić information content (AvgIpc) is 3.59. The first kappa shape index (κ1) is 35.1. The van der Waals surface area contributed by atoms with Gasteiger partial charge in [-0.05, 0) is 74.7 Å². The first-order valence-electron chi connectivity index (χ1n) is 15.0. The molecule has 0 spiro atoms. The van der Waals surface area contributed by atoms with E-state index in [9.17, 15) is 14.9 Å². The fourth-order valence-corrected chi connectivity index (χ4v) is 6.37. The van der Waals surface area contributed by atoms with Crippen LogP contribution in [0.4, 0.5) is 8.78 Å². The van der Waals surface area contributed by atoms with Crippen LogP contribution in [0.15, 0.2) is 54.6 Å². The molecule has 12 heteroatoms. The standard InChI is InChI=1S/C34H37Cl2F2N5O3/c1-34(18-21-6-3-7-26(36)30(21)38,25(19-40)23-12-10-22(35)17-27(23)37)31(43-33(45)28-8-4-14-41-28)24-11-9-20(16-29(24)46-2)32(44)42-15-5-13-39/h3,6-7,9-12,16-17,25,28,31,41H,4-5,8,13-15,18,39H2,1-2H3,(H,42,44)(H,43,45). The van der Waals surface area contributed by atoms with E-state index in [0.717, 1.165) is 12.5 Å². The summed E-state index contributed by atoms with van der Waals surface area (Å²) in [4.78, 5) is 26.7. The van der Waals surface area contributed by atoms with Gasteiger partial charge >= 0.3 is 0 Å². The van der Waals surface area contributed by atoms with Crippen molar-refractivity contribution < 1.29 is 23.1 Å². The van der Waals surface area contributed by atoms with Gasteiger partial charge in [0, 0.05) is 33.7 Å². The molecule has 4 unspecified atom stereocenters. The molecule has 5 N–H and O–H groups in total. The molecule has 4 atom stereocenters. The van der Waals surface area contributed by atoms with E-state index in [1.165, 1.54) is 37.4 Å². The molecule has 46 heavy (non-hydrogen) atoms. The van der Waals surface area contributed by atoms with Gasteiger partial charge in [0.25, 0.3) is 5.91 Å². The summed E-state index contributed by atoms with van der Waals surface area (Å²) in [5.74, 6) is -3.12. The number of nitrogens with one attached hydrogen (secondary N) is 3. The third-order valence-corrected chi connectivity index (χ3v) is 8.99. The lowest BCUT2D eigenvalue weighted by molar-refractivity contribution is -0.124. The molecule has 1 saturated heterocycles. The molecule has 1 aliphatic rings. The molecular weight excluding hydrogens is 635 g/mol. The number of carbonyl (C=O) groups excluding carboxylic acids is 2. The number of carbonyl (C=O) groups is 2. The molecule has 2 amide bonds. The van der Waals surface area contributed by atoms with Crippen LogP contribution in [0, 0.1) is 28.4 Å². The summed E-state index contributed by atoms with van der Waals surface area (Å²) < 4.78 is 36.9. The van der Waals surface area contributed by atoms with Crippen LogP contribution in [-0.2, 0) is 11.2 Å². The molecule has 1 fully saturated rings. The molecule has 244 valence electrons. The lowest BCUT2D eigenvalue weighted by Gasteiger charge is -2.43. The number of nitrogens with two attached hydrogens (primary N) is 1. The Labute approximate surface area is 277 Å². The first-order chi connectivity index (χ1) is 22.0. The molecule has 3 aromatic rings. The second-order valence-electron chi connectivity index (χ2n) is 11.6. The van der Waals surface area contributed by atoms with Gasteiger partial charge in [-0.15, -0.1) is 0 Å². The lowest BCUT2D eigenvalue weighted by atomic mass is 9.63. The van der Waals surface area contributed by atoms with Gasteiger partial charge in [0.05, 0.1) is 36.2 Å². The Kier molecular flexibility index (Phi) is 12.0. The van der Waals surface area contributed by atoms with Gasteiger partial charge < -0.3 is 26.4 Å². The van der Waals surface area contributed by atoms with Crippen molar-refractivity contribution in [3.8, 4) is 11.8 Å². The molecule has 4 rings (SSSR count). The Morgan fingerprint density at radius 2 is 1.93 bits per heavy atom. The molecule has 0 aromatic heterocycles. The summed E-state index contributed by atoms with van der Waals surface area (Å²) in [6.45, 7) is 3.14. The summed E-state index contributed by atoms with van der Waals surface area (Å²) in [5.41, 5.74) is 5.01. The molecule has 1 aliphatic heterocycles. The van der Waals surface area contributed by atoms with Crippen molar-refractivity contribution in [2.75, 3.05) is 26.7 Å². The Morgan fingerprint density at radius 3 is 2.59 bits per heavy atom. The van der Waals surface area contributed by atoms with Crippen LogP contribution in [0.3, 0.4) is 0 Å². The Hall–Kier alpha value is -3.75. The van der Waals surface area contributed by atoms with E-state index in [2.05, 4.69) is 22.0 Å². The van der Waals surface area contributed by atoms with Crippen molar-refractivity contribution in [1.29, 1.82) is 5.26 Å². The van der Waals surface area contributed by atoms with Crippen molar-refractivity contribution >= 4 is 35.0 Å². The van der Waals surface area contributed by atoms with Crippen LogP contribution < -0.4 is 26.4 Å². The number of hydrogen-bond donors (Lipinski definition) is 4. The minimum atomic E-state index is -1.43. The second kappa shape index (κ2) is 15.7. The third-order valence-electron chi connectivity index (χ3n) is 8.46. The van der Waals surface area contributed by atoms with Crippen molar-refractivity contribution in [2.45, 2.75) is 50.6 Å². The molecule has 0 saturated carbocycles. The minimum Gasteiger partial charge on any atom is -0.496 e. The van der Waals surface area contributed by atoms with Gasteiger partial charge in [0.15, 0.2) is 0 Å². The summed E-state index contributed by atoms with van der Waals surface area (Å²) in [5, 5.41) is 19.8. The van der Waals surface area contributed by atoms with E-state index in [1.54, 1.807) is 25.1 Å². The zero-order valence-corrected chi connectivity index (χ0v) is 27.2. The van der Waals surface area contributed by atoms with E-state index < -0.39 is 35.1 Å². The number of ether oxygens (including phenoxy) is 1. The monoisotopic (exact) mass is 671 g/mol. The second-order valence-corrected chi connectivity index (χ2v) is 12.4. The minimum absolute atomic E-state index is 0.0185. The van der Waals surface area contributed by atoms with Gasteiger partial charge in [-0.1, -0.05) is 54.4 Å². The number of nitriles is 1. The molecule has 0 radical (unpaired) electrons. The highest BCUT2D eigenvalue weighted by molar-refractivity contribution is 6.31. The molecule has 8 nitrogen and oxygen atoms in total. The zero-order valence-electron chi connectivity index (χ0n) is 25.6.